The van der Waals surface area contributed by atoms with E-state index in [4.69, 9.17) is 9.15 Å². The number of benzene rings is 1. The number of aromatic nitrogens is 2. The quantitative estimate of drug-likeness (QED) is 0.448. The van der Waals surface area contributed by atoms with Crippen molar-refractivity contribution in [3.05, 3.63) is 70.5 Å². The van der Waals surface area contributed by atoms with Crippen molar-refractivity contribution in [2.45, 2.75) is 76.2 Å². The summed E-state index contributed by atoms with van der Waals surface area (Å²) < 4.78 is 39.9. The smallest absolute Gasteiger partial charge is 0.303 e. The van der Waals surface area contributed by atoms with E-state index in [2.05, 4.69) is 38.0 Å². The molecule has 1 saturated heterocycles. The van der Waals surface area contributed by atoms with Gasteiger partial charge in [0, 0.05) is 75.2 Å². The van der Waals surface area contributed by atoms with Crippen LogP contribution in [0.4, 0.5) is 0 Å². The number of rotatable bonds is 7. The summed E-state index contributed by atoms with van der Waals surface area (Å²) in [5.41, 5.74) is 4.54. The average molecular weight is 703 g/mol. The molecule has 1 aromatic heterocycles. The number of carbonyl (C=O) groups is 2. The first-order chi connectivity index (χ1) is 24.0. The Balaban J connectivity index is 1.18. The third-order valence-electron chi connectivity index (χ3n) is 12.0. The lowest BCUT2D eigenvalue weighted by molar-refractivity contribution is -0.139. The van der Waals surface area contributed by atoms with Crippen molar-refractivity contribution in [1.29, 1.82) is 0 Å². The second-order valence-corrected chi connectivity index (χ2v) is 17.0. The van der Waals surface area contributed by atoms with Gasteiger partial charge in [-0.3, -0.25) is 9.59 Å². The molecule has 1 aromatic carbocycles. The van der Waals surface area contributed by atoms with E-state index in [-0.39, 0.29) is 29.7 Å². The van der Waals surface area contributed by atoms with Crippen LogP contribution >= 0.6 is 0 Å². The highest BCUT2D eigenvalue weighted by Crippen LogP contribution is 2.67. The number of ether oxygens (including phenoxy) is 1. The Morgan fingerprint density at radius 3 is 2.50 bits per heavy atom. The molecule has 8 rings (SSSR count). The molecule has 4 heterocycles. The second kappa shape index (κ2) is 12.4. The summed E-state index contributed by atoms with van der Waals surface area (Å²) in [6, 6.07) is 6.09. The minimum atomic E-state index is -3.97. The van der Waals surface area contributed by atoms with Gasteiger partial charge in [0.15, 0.2) is 0 Å². The molecule has 50 heavy (non-hydrogen) atoms. The fourth-order valence-electron chi connectivity index (χ4n) is 9.29. The summed E-state index contributed by atoms with van der Waals surface area (Å²) in [7, 11) is 0.492. The van der Waals surface area contributed by atoms with Gasteiger partial charge in [-0.1, -0.05) is 31.4 Å². The van der Waals surface area contributed by atoms with Gasteiger partial charge in [0.2, 0.25) is 17.7 Å². The molecule has 0 radical (unpaired) electrons. The van der Waals surface area contributed by atoms with E-state index in [1.165, 1.54) is 44.6 Å². The van der Waals surface area contributed by atoms with Crippen molar-refractivity contribution < 1.29 is 27.2 Å². The molecule has 2 aromatic rings. The Hall–Kier alpha value is -3.97. The van der Waals surface area contributed by atoms with Crippen molar-refractivity contribution >= 4 is 27.7 Å². The van der Waals surface area contributed by atoms with Crippen LogP contribution in [0.15, 0.2) is 52.0 Å². The molecule has 6 aliphatic rings. The van der Waals surface area contributed by atoms with E-state index in [1.807, 2.05) is 17.0 Å². The van der Waals surface area contributed by atoms with Crippen molar-refractivity contribution in [1.82, 2.24) is 29.0 Å². The van der Waals surface area contributed by atoms with Crippen molar-refractivity contribution in [2.75, 3.05) is 40.8 Å². The summed E-state index contributed by atoms with van der Waals surface area (Å²) in [6.07, 6.45) is 13.9. The van der Waals surface area contributed by atoms with Crippen LogP contribution in [0.1, 0.15) is 86.1 Å². The average Bonchev–Trinajstić information content (AvgIpc) is 3.58. The highest BCUT2D eigenvalue weighted by atomic mass is 32.2. The maximum Gasteiger partial charge on any atom is 0.303 e. The number of hydrogen-bond acceptors (Lipinski definition) is 9. The number of hydrogen-bond donors (Lipinski definition) is 1. The predicted molar refractivity (Wildman–Crippen MR) is 186 cm³/mol. The van der Waals surface area contributed by atoms with E-state index in [0.717, 1.165) is 53.3 Å². The molecular formula is C37H46N6O6S. The van der Waals surface area contributed by atoms with Crippen LogP contribution in [0.5, 0.6) is 5.75 Å². The Kier molecular flexibility index (Phi) is 8.21. The summed E-state index contributed by atoms with van der Waals surface area (Å²) >= 11 is 0. The largest absolute Gasteiger partial charge is 0.497 e. The summed E-state index contributed by atoms with van der Waals surface area (Å²) in [5.74, 6) is 2.07. The molecule has 4 atom stereocenters. The normalized spacial score (nSPS) is 28.0. The molecule has 2 amide bonds. The predicted octanol–water partition coefficient (Wildman–Crippen LogP) is 4.29. The molecule has 3 aliphatic carbocycles. The molecular weight excluding hydrogens is 657 g/mol. The van der Waals surface area contributed by atoms with Gasteiger partial charge in [0.25, 0.3) is 5.91 Å². The first kappa shape index (κ1) is 33.2. The van der Waals surface area contributed by atoms with Crippen molar-refractivity contribution in [3.63, 3.8) is 0 Å². The van der Waals surface area contributed by atoms with Crippen LogP contribution in [0.25, 0.3) is 5.70 Å². The number of methoxy groups -OCH3 is 1. The third-order valence-corrected chi connectivity index (χ3v) is 13.4. The van der Waals surface area contributed by atoms with Gasteiger partial charge >= 0.3 is 10.2 Å². The monoisotopic (exact) mass is 702 g/mol. The van der Waals surface area contributed by atoms with Crippen LogP contribution in [0.3, 0.4) is 0 Å². The Bertz CT molecular complexity index is 1920. The minimum absolute atomic E-state index is 0.0149. The molecule has 2 saturated carbocycles. The van der Waals surface area contributed by atoms with Crippen molar-refractivity contribution in [3.8, 4) is 5.75 Å². The number of aryl methyl sites for hydroxylation is 1. The maximum atomic E-state index is 14.8. The zero-order valence-electron chi connectivity index (χ0n) is 29.2. The number of fused-ring (bicyclic) bond motifs is 7. The lowest BCUT2D eigenvalue weighted by atomic mass is 9.75. The number of nitrogens with zero attached hydrogens (tertiary/aromatic N) is 5. The van der Waals surface area contributed by atoms with E-state index in [1.54, 1.807) is 20.1 Å². The Labute approximate surface area is 293 Å². The zero-order chi connectivity index (χ0) is 34.9. The molecule has 266 valence electrons. The van der Waals surface area contributed by atoms with E-state index >= 15 is 0 Å². The van der Waals surface area contributed by atoms with E-state index < -0.39 is 21.5 Å². The van der Waals surface area contributed by atoms with Crippen LogP contribution in [-0.2, 0) is 19.8 Å². The topological polar surface area (TPSA) is 138 Å². The molecule has 12 nitrogen and oxygen atoms in total. The lowest BCUT2D eigenvalue weighted by Crippen LogP contribution is -2.47. The lowest BCUT2D eigenvalue weighted by Gasteiger charge is -2.37. The number of nitrogens with one attached hydrogen (secondary N) is 1. The SMILES string of the molecule is COc1ccc2c(c1)C1CC1(C(=O)N1CCC(c3nnc(C)o3)CC1)CN1C2=C(C2CCCCC2)C2C=CC(C(=O)NS(=O)(=O)N(C)C)=CC21. The first-order valence-corrected chi connectivity index (χ1v) is 19.4. The molecule has 3 fully saturated rings. The minimum Gasteiger partial charge on any atom is -0.497 e. The van der Waals surface area contributed by atoms with Gasteiger partial charge in [-0.2, -0.15) is 12.7 Å². The van der Waals surface area contributed by atoms with Gasteiger partial charge in [-0.25, -0.2) is 4.72 Å². The number of piperidine rings is 1. The fraction of sp³-hybridized carbons (Fsp3) is 0.568. The molecule has 0 bridgehead atoms. The molecule has 1 N–H and O–H groups in total. The van der Waals surface area contributed by atoms with Gasteiger partial charge in [0.1, 0.15) is 5.75 Å². The van der Waals surface area contributed by atoms with Gasteiger partial charge in [-0.15, -0.1) is 10.2 Å². The third kappa shape index (κ3) is 5.47. The highest BCUT2D eigenvalue weighted by Gasteiger charge is 2.66. The molecule has 0 spiro atoms. The van der Waals surface area contributed by atoms with Crippen molar-refractivity contribution in [2.24, 2.45) is 17.3 Å². The Morgan fingerprint density at radius 1 is 1.06 bits per heavy atom. The molecule has 13 heteroatoms. The van der Waals surface area contributed by atoms with Crippen LogP contribution in [-0.4, -0.2) is 91.4 Å². The van der Waals surface area contributed by atoms with Gasteiger partial charge in [0.05, 0.1) is 18.6 Å². The number of likely N-dealkylation sites (tertiary alicyclic amines) is 1. The number of carbonyl (C=O) groups excluding carboxylic acids is 2. The number of amides is 2. The summed E-state index contributed by atoms with van der Waals surface area (Å²) in [5, 5.41) is 8.27. The second-order valence-electron chi connectivity index (χ2n) is 15.1. The fourth-order valence-corrected chi connectivity index (χ4v) is 9.82. The molecule has 4 unspecified atom stereocenters. The van der Waals surface area contributed by atoms with Gasteiger partial charge in [-0.05, 0) is 73.4 Å². The standard InChI is InChI=1S/C37H46N6O6S/c1-22-38-39-35(49-22)24-14-16-42(17-15-24)36(45)37-20-30(37)29-19-26(48-4)11-13-27(29)33-32(23-8-6-5-7-9-23)28-12-10-25(18-31(28)43(33)21-37)34(44)40-50(46,47)41(2)3/h10-13,18-19,23-24,28,30-31H,5-9,14-17,20-21H2,1-4H3,(H,40,44). The summed E-state index contributed by atoms with van der Waals surface area (Å²) in [6.45, 7) is 3.57. The Morgan fingerprint density at radius 2 is 1.82 bits per heavy atom. The highest BCUT2D eigenvalue weighted by molar-refractivity contribution is 7.87. The van der Waals surface area contributed by atoms with Crippen LogP contribution in [0.2, 0.25) is 0 Å². The van der Waals surface area contributed by atoms with E-state index in [0.29, 0.717) is 42.9 Å². The first-order valence-electron chi connectivity index (χ1n) is 17.9. The van der Waals surface area contributed by atoms with Crippen LogP contribution in [0, 0.1) is 24.2 Å². The zero-order valence-corrected chi connectivity index (χ0v) is 30.0. The van der Waals surface area contributed by atoms with Crippen LogP contribution < -0.4 is 9.46 Å². The van der Waals surface area contributed by atoms with Gasteiger partial charge < -0.3 is 19.0 Å². The molecule has 3 aliphatic heterocycles. The maximum absolute atomic E-state index is 14.8. The summed E-state index contributed by atoms with van der Waals surface area (Å²) in [4.78, 5) is 32.7. The van der Waals surface area contributed by atoms with E-state index in [9.17, 15) is 18.0 Å².